The van der Waals surface area contributed by atoms with Crippen molar-refractivity contribution in [2.75, 3.05) is 13.1 Å². The smallest absolute Gasteiger partial charge is 0.416 e. The predicted octanol–water partition coefficient (Wildman–Crippen LogP) is 5.91. The van der Waals surface area contributed by atoms with Gasteiger partial charge < -0.3 is 14.4 Å². The molecule has 7 heteroatoms. The molecule has 2 aromatic rings. The second-order valence-electron chi connectivity index (χ2n) is 6.63. The number of benzene rings is 2. The van der Waals surface area contributed by atoms with Crippen molar-refractivity contribution < 1.29 is 27.4 Å². The molecule has 0 bridgehead atoms. The Bertz CT molecular complexity index is 769. The molecule has 2 rings (SSSR count). The number of halogens is 3. The third kappa shape index (κ3) is 7.00. The average molecular weight is 409 g/mol. The molecule has 158 valence electrons. The van der Waals surface area contributed by atoms with Crippen molar-refractivity contribution in [2.24, 2.45) is 0 Å². The Kier molecular flexibility index (Phi) is 7.93. The highest BCUT2D eigenvalue weighted by Crippen LogP contribution is 2.31. The Labute approximate surface area is 169 Å². The molecular formula is C22H26F3NO3. The molecule has 0 aliphatic rings. The van der Waals surface area contributed by atoms with E-state index in [1.165, 1.54) is 12.1 Å². The van der Waals surface area contributed by atoms with E-state index in [1.54, 1.807) is 29.2 Å². The number of hydrogen-bond donors (Lipinski definition) is 0. The number of hydrogen-bond acceptors (Lipinski definition) is 3. The van der Waals surface area contributed by atoms with E-state index < -0.39 is 11.7 Å². The normalized spacial score (nSPS) is 12.3. The molecule has 0 saturated carbocycles. The highest BCUT2D eigenvalue weighted by atomic mass is 19.4. The first-order valence-electron chi connectivity index (χ1n) is 9.62. The van der Waals surface area contributed by atoms with E-state index in [4.69, 9.17) is 9.47 Å². The van der Waals surface area contributed by atoms with Gasteiger partial charge in [-0.1, -0.05) is 0 Å². The Balaban J connectivity index is 1.86. The van der Waals surface area contributed by atoms with E-state index in [2.05, 4.69) is 0 Å². The zero-order chi connectivity index (χ0) is 21.4. The van der Waals surface area contributed by atoms with E-state index in [0.717, 1.165) is 12.1 Å². The van der Waals surface area contributed by atoms with Gasteiger partial charge in [-0.25, -0.2) is 0 Å². The fourth-order valence-corrected chi connectivity index (χ4v) is 2.79. The third-order valence-corrected chi connectivity index (χ3v) is 4.46. The van der Waals surface area contributed by atoms with Gasteiger partial charge in [-0.3, -0.25) is 4.79 Å². The van der Waals surface area contributed by atoms with E-state index in [-0.39, 0.29) is 12.0 Å². The van der Waals surface area contributed by atoms with Gasteiger partial charge in [0.05, 0.1) is 11.7 Å². The van der Waals surface area contributed by atoms with Gasteiger partial charge in [-0.2, -0.15) is 13.2 Å². The van der Waals surface area contributed by atoms with Crippen molar-refractivity contribution >= 4 is 5.91 Å². The first kappa shape index (κ1) is 22.6. The number of nitrogens with zero attached hydrogens (tertiary/aromatic N) is 1. The van der Waals surface area contributed by atoms with Gasteiger partial charge in [-0.15, -0.1) is 0 Å². The molecule has 1 unspecified atom stereocenters. The van der Waals surface area contributed by atoms with Crippen molar-refractivity contribution in [3.05, 3.63) is 54.1 Å². The SMILES string of the molecule is CCN(CC)C(=O)CCC(C)Oc1ccc(Oc2ccc(C(F)(F)F)cc2)cc1. The van der Waals surface area contributed by atoms with Gasteiger partial charge in [0.1, 0.15) is 17.2 Å². The maximum absolute atomic E-state index is 12.6. The number of rotatable bonds is 9. The zero-order valence-electron chi connectivity index (χ0n) is 16.8. The van der Waals surface area contributed by atoms with Crippen LogP contribution >= 0.6 is 0 Å². The van der Waals surface area contributed by atoms with Crippen molar-refractivity contribution in [2.45, 2.75) is 45.9 Å². The molecule has 0 aliphatic heterocycles. The van der Waals surface area contributed by atoms with Gasteiger partial charge in [0.2, 0.25) is 5.91 Å². The molecule has 4 nitrogen and oxygen atoms in total. The number of carbonyl (C=O) groups is 1. The van der Waals surface area contributed by atoms with Crippen LogP contribution in [0.4, 0.5) is 13.2 Å². The van der Waals surface area contributed by atoms with Crippen LogP contribution in [0.1, 0.15) is 39.2 Å². The van der Waals surface area contributed by atoms with Crippen LogP contribution in [0.25, 0.3) is 0 Å². The summed E-state index contributed by atoms with van der Waals surface area (Å²) in [6.45, 7) is 7.21. The first-order valence-corrected chi connectivity index (χ1v) is 9.62. The van der Waals surface area contributed by atoms with Crippen LogP contribution in [0.3, 0.4) is 0 Å². The summed E-state index contributed by atoms with van der Waals surface area (Å²) in [6.07, 6.45) is -3.46. The summed E-state index contributed by atoms with van der Waals surface area (Å²) in [6, 6.07) is 11.3. The van der Waals surface area contributed by atoms with Gasteiger partial charge in [0.15, 0.2) is 0 Å². The van der Waals surface area contributed by atoms with Crippen LogP contribution in [-0.4, -0.2) is 30.0 Å². The zero-order valence-corrected chi connectivity index (χ0v) is 16.8. The Morgan fingerprint density at radius 2 is 1.41 bits per heavy atom. The number of carbonyl (C=O) groups excluding carboxylic acids is 1. The van der Waals surface area contributed by atoms with Gasteiger partial charge in [-0.05, 0) is 75.7 Å². The topological polar surface area (TPSA) is 38.8 Å². The molecule has 29 heavy (non-hydrogen) atoms. The van der Waals surface area contributed by atoms with E-state index >= 15 is 0 Å². The Hall–Kier alpha value is -2.70. The van der Waals surface area contributed by atoms with Crippen LogP contribution < -0.4 is 9.47 Å². The summed E-state index contributed by atoms with van der Waals surface area (Å²) in [5.74, 6) is 1.55. The maximum Gasteiger partial charge on any atom is 0.416 e. The lowest BCUT2D eigenvalue weighted by atomic mass is 10.2. The van der Waals surface area contributed by atoms with Gasteiger partial charge >= 0.3 is 6.18 Å². The summed E-state index contributed by atoms with van der Waals surface area (Å²) in [7, 11) is 0. The number of alkyl halides is 3. The lowest BCUT2D eigenvalue weighted by Crippen LogP contribution is -2.31. The fourth-order valence-electron chi connectivity index (χ4n) is 2.79. The molecule has 0 spiro atoms. The summed E-state index contributed by atoms with van der Waals surface area (Å²) in [5.41, 5.74) is -0.720. The number of amides is 1. The quantitative estimate of drug-likeness (QED) is 0.517. The Morgan fingerprint density at radius 1 is 0.931 bits per heavy atom. The van der Waals surface area contributed by atoms with Crippen LogP contribution in [-0.2, 0) is 11.0 Å². The molecule has 0 N–H and O–H groups in total. The molecule has 0 saturated heterocycles. The van der Waals surface area contributed by atoms with Crippen LogP contribution in [0.2, 0.25) is 0 Å². The van der Waals surface area contributed by atoms with E-state index in [9.17, 15) is 18.0 Å². The standard InChI is InChI=1S/C22H26F3NO3/c1-4-26(5-2)21(27)15-6-16(3)28-18-11-13-20(14-12-18)29-19-9-7-17(8-10-19)22(23,24)25/h7-14,16H,4-6,15H2,1-3H3. The first-order chi connectivity index (χ1) is 13.7. The minimum absolute atomic E-state index is 0.116. The van der Waals surface area contributed by atoms with Crippen molar-refractivity contribution in [1.82, 2.24) is 4.90 Å². The van der Waals surface area contributed by atoms with Crippen LogP contribution in [0.15, 0.2) is 48.5 Å². The van der Waals surface area contributed by atoms with Crippen molar-refractivity contribution in [3.63, 3.8) is 0 Å². The largest absolute Gasteiger partial charge is 0.491 e. The summed E-state index contributed by atoms with van der Waals surface area (Å²) in [4.78, 5) is 13.8. The predicted molar refractivity (Wildman–Crippen MR) is 105 cm³/mol. The molecule has 2 aromatic carbocycles. The highest BCUT2D eigenvalue weighted by molar-refractivity contribution is 5.76. The monoisotopic (exact) mass is 409 g/mol. The molecule has 1 atom stereocenters. The summed E-state index contributed by atoms with van der Waals surface area (Å²) >= 11 is 0. The van der Waals surface area contributed by atoms with Gasteiger partial charge in [0.25, 0.3) is 0 Å². The minimum atomic E-state index is -4.37. The van der Waals surface area contributed by atoms with E-state index in [1.807, 2.05) is 20.8 Å². The average Bonchev–Trinajstić information content (AvgIpc) is 2.68. The number of ether oxygens (including phenoxy) is 2. The summed E-state index contributed by atoms with van der Waals surface area (Å²) < 4.78 is 49.2. The lowest BCUT2D eigenvalue weighted by molar-refractivity contribution is -0.137. The molecule has 0 radical (unpaired) electrons. The van der Waals surface area contributed by atoms with Crippen molar-refractivity contribution in [1.29, 1.82) is 0 Å². The molecular weight excluding hydrogens is 383 g/mol. The second-order valence-corrected chi connectivity index (χ2v) is 6.63. The molecule has 0 aromatic heterocycles. The summed E-state index contributed by atoms with van der Waals surface area (Å²) in [5, 5.41) is 0. The molecule has 0 fully saturated rings. The molecule has 0 heterocycles. The lowest BCUT2D eigenvalue weighted by Gasteiger charge is -2.20. The van der Waals surface area contributed by atoms with Crippen molar-refractivity contribution in [3.8, 4) is 17.2 Å². The molecule has 1 amide bonds. The fraction of sp³-hybridized carbons (Fsp3) is 0.409. The van der Waals surface area contributed by atoms with Gasteiger partial charge in [0, 0.05) is 19.5 Å². The van der Waals surface area contributed by atoms with Crippen LogP contribution in [0, 0.1) is 0 Å². The molecule has 0 aliphatic carbocycles. The highest BCUT2D eigenvalue weighted by Gasteiger charge is 2.30. The Morgan fingerprint density at radius 3 is 1.90 bits per heavy atom. The van der Waals surface area contributed by atoms with E-state index in [0.29, 0.717) is 43.2 Å². The maximum atomic E-state index is 12.6. The van der Waals surface area contributed by atoms with Crippen LogP contribution in [0.5, 0.6) is 17.2 Å². The minimum Gasteiger partial charge on any atom is -0.491 e. The third-order valence-electron chi connectivity index (χ3n) is 4.46. The second kappa shape index (κ2) is 10.2.